The van der Waals surface area contributed by atoms with E-state index in [0.717, 1.165) is 38.7 Å². The lowest BCUT2D eigenvalue weighted by atomic mass is 10.0. The Labute approximate surface area is 143 Å². The maximum atomic E-state index is 9.24. The summed E-state index contributed by atoms with van der Waals surface area (Å²) < 4.78 is 0. The molecule has 0 unspecified atom stereocenters. The molecule has 1 aliphatic heterocycles. The fraction of sp³-hybridized carbons (Fsp3) is 0.412. The molecule has 0 aromatic carbocycles. The number of nitrogens with zero attached hydrogens (tertiary/aromatic N) is 2. The third-order valence-corrected chi connectivity index (χ3v) is 6.06. The van der Waals surface area contributed by atoms with Crippen LogP contribution in [0.2, 0.25) is 0 Å². The summed E-state index contributed by atoms with van der Waals surface area (Å²) in [6.45, 7) is 4.45. The lowest BCUT2D eigenvalue weighted by Gasteiger charge is -2.03. The number of aliphatic hydroxyl groups is 2. The lowest BCUT2D eigenvalue weighted by Crippen LogP contribution is -2.07. The van der Waals surface area contributed by atoms with Crippen LogP contribution in [0, 0.1) is 13.8 Å². The van der Waals surface area contributed by atoms with Crippen molar-refractivity contribution in [2.24, 2.45) is 10.2 Å². The maximum absolute atomic E-state index is 9.24. The van der Waals surface area contributed by atoms with E-state index >= 15 is 0 Å². The van der Waals surface area contributed by atoms with Crippen molar-refractivity contribution in [2.45, 2.75) is 33.1 Å². The molecule has 0 saturated carbocycles. The summed E-state index contributed by atoms with van der Waals surface area (Å²) >= 11 is 3.43. The van der Waals surface area contributed by atoms with Crippen LogP contribution in [0.15, 0.2) is 22.3 Å². The molecule has 23 heavy (non-hydrogen) atoms. The van der Waals surface area contributed by atoms with Crippen molar-refractivity contribution in [1.82, 2.24) is 0 Å². The second kappa shape index (κ2) is 7.05. The first kappa shape index (κ1) is 16.5. The molecule has 2 aromatic heterocycles. The van der Waals surface area contributed by atoms with Crippen LogP contribution in [-0.2, 0) is 12.8 Å². The van der Waals surface area contributed by atoms with E-state index in [1.54, 1.807) is 22.7 Å². The molecule has 6 heteroatoms. The number of aliphatic hydroxyl groups excluding tert-OH is 2. The zero-order chi connectivity index (χ0) is 16.4. The molecule has 0 atom stereocenters. The molecular weight excluding hydrogens is 328 g/mol. The van der Waals surface area contributed by atoms with Crippen LogP contribution < -0.4 is 0 Å². The summed E-state index contributed by atoms with van der Waals surface area (Å²) in [7, 11) is 0. The van der Waals surface area contributed by atoms with Crippen LogP contribution in [0.1, 0.15) is 37.1 Å². The van der Waals surface area contributed by atoms with E-state index in [-0.39, 0.29) is 13.2 Å². The zero-order valence-electron chi connectivity index (χ0n) is 13.3. The number of rotatable bonds is 6. The Hall–Kier alpha value is -1.34. The molecule has 0 saturated heterocycles. The van der Waals surface area contributed by atoms with Crippen molar-refractivity contribution in [3.8, 4) is 0 Å². The number of hydrogen-bond acceptors (Lipinski definition) is 6. The van der Waals surface area contributed by atoms with Gasteiger partial charge in [-0.1, -0.05) is 0 Å². The predicted octanol–water partition coefficient (Wildman–Crippen LogP) is 3.09. The topological polar surface area (TPSA) is 65.2 Å². The average molecular weight is 348 g/mol. The Balaban J connectivity index is 1.83. The van der Waals surface area contributed by atoms with Gasteiger partial charge in [0.05, 0.1) is 21.2 Å². The molecule has 0 bridgehead atoms. The highest BCUT2D eigenvalue weighted by atomic mass is 32.1. The van der Waals surface area contributed by atoms with Crippen molar-refractivity contribution < 1.29 is 10.2 Å². The summed E-state index contributed by atoms with van der Waals surface area (Å²) in [5, 5.41) is 27.3. The Bertz CT molecular complexity index is 707. The first-order chi connectivity index (χ1) is 11.1. The fourth-order valence-electron chi connectivity index (χ4n) is 2.84. The Morgan fingerprint density at radius 2 is 1.30 bits per heavy atom. The van der Waals surface area contributed by atoms with E-state index in [1.807, 2.05) is 0 Å². The summed E-state index contributed by atoms with van der Waals surface area (Å²) in [5.41, 5.74) is 4.29. The van der Waals surface area contributed by atoms with E-state index in [2.05, 4.69) is 36.2 Å². The maximum Gasteiger partial charge on any atom is 0.0865 e. The molecule has 0 radical (unpaired) electrons. The second-order valence-corrected chi connectivity index (χ2v) is 8.15. The van der Waals surface area contributed by atoms with Gasteiger partial charge in [0, 0.05) is 29.4 Å². The van der Waals surface area contributed by atoms with Gasteiger partial charge >= 0.3 is 0 Å². The molecule has 0 amide bonds. The van der Waals surface area contributed by atoms with Crippen LogP contribution >= 0.6 is 22.7 Å². The standard InChI is InChI=1S/C17H20N2O2S2/c1-10-7-12(3-5-20)16(22-10)14-9-15(19-18-14)17-13(4-6-21)8-11(2)23-17/h7-8,20-21H,3-6,9H2,1-2H3. The van der Waals surface area contributed by atoms with Gasteiger partial charge in [-0.25, -0.2) is 0 Å². The van der Waals surface area contributed by atoms with Gasteiger partial charge in [-0.3, -0.25) is 0 Å². The number of thiophene rings is 2. The lowest BCUT2D eigenvalue weighted by molar-refractivity contribution is 0.299. The van der Waals surface area contributed by atoms with Gasteiger partial charge in [0.15, 0.2) is 0 Å². The molecule has 2 N–H and O–H groups in total. The first-order valence-corrected chi connectivity index (χ1v) is 9.30. The number of aryl methyl sites for hydroxylation is 2. The van der Waals surface area contributed by atoms with Gasteiger partial charge in [0.25, 0.3) is 0 Å². The summed E-state index contributed by atoms with van der Waals surface area (Å²) in [6.07, 6.45) is 2.03. The second-order valence-electron chi connectivity index (χ2n) is 5.64. The molecule has 4 nitrogen and oxygen atoms in total. The Morgan fingerprint density at radius 1 is 0.870 bits per heavy atom. The van der Waals surface area contributed by atoms with Crippen molar-refractivity contribution in [3.05, 3.63) is 42.8 Å². The third kappa shape index (κ3) is 3.45. The van der Waals surface area contributed by atoms with Crippen LogP contribution in [0.4, 0.5) is 0 Å². The van der Waals surface area contributed by atoms with E-state index in [0.29, 0.717) is 12.8 Å². The average Bonchev–Trinajstić information content (AvgIpc) is 3.19. The minimum atomic E-state index is 0.148. The molecule has 3 rings (SSSR count). The van der Waals surface area contributed by atoms with Crippen LogP contribution in [0.25, 0.3) is 0 Å². The number of hydrogen-bond donors (Lipinski definition) is 2. The molecule has 1 aliphatic rings. The minimum Gasteiger partial charge on any atom is -0.396 e. The molecule has 0 aliphatic carbocycles. The van der Waals surface area contributed by atoms with Gasteiger partial charge < -0.3 is 10.2 Å². The van der Waals surface area contributed by atoms with Gasteiger partial charge in [-0.2, -0.15) is 10.2 Å². The molecular formula is C17H20N2O2S2. The third-order valence-electron chi connectivity index (χ3n) is 3.78. The van der Waals surface area contributed by atoms with Crippen LogP contribution in [0.5, 0.6) is 0 Å². The van der Waals surface area contributed by atoms with Gasteiger partial charge in [-0.15, -0.1) is 22.7 Å². The van der Waals surface area contributed by atoms with E-state index in [9.17, 15) is 10.2 Å². The monoisotopic (exact) mass is 348 g/mol. The summed E-state index contributed by atoms with van der Waals surface area (Å²) in [6, 6.07) is 4.26. The molecule has 0 fully saturated rings. The largest absolute Gasteiger partial charge is 0.396 e. The summed E-state index contributed by atoms with van der Waals surface area (Å²) in [5.74, 6) is 0. The summed E-state index contributed by atoms with van der Waals surface area (Å²) in [4.78, 5) is 4.75. The molecule has 2 aromatic rings. The quantitative estimate of drug-likeness (QED) is 0.842. The molecule has 0 spiro atoms. The Kier molecular flexibility index (Phi) is 5.06. The van der Waals surface area contributed by atoms with Crippen molar-refractivity contribution in [3.63, 3.8) is 0 Å². The minimum absolute atomic E-state index is 0.148. The van der Waals surface area contributed by atoms with Gasteiger partial charge in [-0.05, 0) is 49.9 Å². The van der Waals surface area contributed by atoms with Crippen molar-refractivity contribution in [1.29, 1.82) is 0 Å². The van der Waals surface area contributed by atoms with Crippen molar-refractivity contribution >= 4 is 34.1 Å². The van der Waals surface area contributed by atoms with Crippen LogP contribution in [-0.4, -0.2) is 34.9 Å². The van der Waals surface area contributed by atoms with Gasteiger partial charge in [0.1, 0.15) is 0 Å². The first-order valence-electron chi connectivity index (χ1n) is 7.67. The van der Waals surface area contributed by atoms with Crippen LogP contribution in [0.3, 0.4) is 0 Å². The fourth-order valence-corrected chi connectivity index (χ4v) is 4.93. The normalized spacial score (nSPS) is 14.3. The van der Waals surface area contributed by atoms with E-state index < -0.39 is 0 Å². The molecule has 122 valence electrons. The SMILES string of the molecule is Cc1cc(CCO)c(C2=NN=C(c3sc(C)cc3CCO)C2)s1. The highest BCUT2D eigenvalue weighted by molar-refractivity contribution is 7.15. The highest BCUT2D eigenvalue weighted by Crippen LogP contribution is 2.30. The predicted molar refractivity (Wildman–Crippen MR) is 97.4 cm³/mol. The smallest absolute Gasteiger partial charge is 0.0865 e. The van der Waals surface area contributed by atoms with E-state index in [1.165, 1.54) is 9.75 Å². The van der Waals surface area contributed by atoms with Gasteiger partial charge in [0.2, 0.25) is 0 Å². The van der Waals surface area contributed by atoms with Crippen molar-refractivity contribution in [2.75, 3.05) is 13.2 Å². The zero-order valence-corrected chi connectivity index (χ0v) is 14.9. The molecule has 3 heterocycles. The Morgan fingerprint density at radius 3 is 1.70 bits per heavy atom. The highest BCUT2D eigenvalue weighted by Gasteiger charge is 2.23. The van der Waals surface area contributed by atoms with E-state index in [4.69, 9.17) is 0 Å².